The Bertz CT molecular complexity index is 847. The minimum absolute atomic E-state index is 0. The number of benzene rings is 1. The molecule has 0 saturated carbocycles. The summed E-state index contributed by atoms with van der Waals surface area (Å²) in [6.45, 7) is 8.31. The molecular formula is C22H35IN8O. The summed E-state index contributed by atoms with van der Waals surface area (Å²) in [7, 11) is 3.51. The molecule has 1 N–H and O–H groups in total. The van der Waals surface area contributed by atoms with E-state index in [4.69, 9.17) is 0 Å². The van der Waals surface area contributed by atoms with E-state index >= 15 is 0 Å². The van der Waals surface area contributed by atoms with Crippen LogP contribution in [0, 0.1) is 0 Å². The number of hydrogen-bond donors (Lipinski definition) is 1. The number of nitrogens with one attached hydrogen (secondary N) is 1. The third kappa shape index (κ3) is 7.73. The quantitative estimate of drug-likeness (QED) is 0.301. The molecule has 1 saturated heterocycles. The van der Waals surface area contributed by atoms with Crippen molar-refractivity contribution in [1.82, 2.24) is 34.8 Å². The van der Waals surface area contributed by atoms with E-state index in [0.717, 1.165) is 57.5 Å². The van der Waals surface area contributed by atoms with Crippen molar-refractivity contribution in [1.29, 1.82) is 0 Å². The summed E-state index contributed by atoms with van der Waals surface area (Å²) in [5.74, 6) is 1.76. The normalized spacial score (nSPS) is 14.7. The van der Waals surface area contributed by atoms with E-state index in [1.54, 1.807) is 25.3 Å². The van der Waals surface area contributed by atoms with Crippen molar-refractivity contribution < 1.29 is 4.79 Å². The van der Waals surface area contributed by atoms with Gasteiger partial charge in [0.1, 0.15) is 18.7 Å². The van der Waals surface area contributed by atoms with Gasteiger partial charge in [0, 0.05) is 66.3 Å². The van der Waals surface area contributed by atoms with E-state index in [1.165, 1.54) is 5.56 Å². The standard InChI is InChI=1S/C22H34N8O.HI/c1-4-20-26-25-18-30(20)11-10-23-22(24-16-21(31)27(2)3)29-14-12-28(13-15-29)17-19-8-6-5-7-9-19;/h5-9,18H,4,10-17H2,1-3H3,(H,23,24);1H. The zero-order chi connectivity index (χ0) is 22.1. The van der Waals surface area contributed by atoms with Crippen molar-refractivity contribution in [2.45, 2.75) is 26.4 Å². The van der Waals surface area contributed by atoms with Gasteiger partial charge >= 0.3 is 0 Å². The first-order valence-electron chi connectivity index (χ1n) is 10.9. The third-order valence-electron chi connectivity index (χ3n) is 5.43. The number of rotatable bonds is 8. The molecule has 2 heterocycles. The van der Waals surface area contributed by atoms with Gasteiger partial charge in [-0.05, 0) is 5.56 Å². The molecule has 0 aliphatic carbocycles. The minimum Gasteiger partial charge on any atom is -0.354 e. The molecule has 32 heavy (non-hydrogen) atoms. The second-order valence-corrected chi connectivity index (χ2v) is 7.90. The highest BCUT2D eigenvalue weighted by Gasteiger charge is 2.20. The lowest BCUT2D eigenvalue weighted by atomic mass is 10.2. The SMILES string of the molecule is CCc1nncn1CCNC(=NCC(=O)N(C)C)N1CCN(Cc2ccccc2)CC1.I. The lowest BCUT2D eigenvalue weighted by Gasteiger charge is -2.36. The second kappa shape index (κ2) is 13.4. The third-order valence-corrected chi connectivity index (χ3v) is 5.43. The molecule has 0 radical (unpaired) electrons. The molecular weight excluding hydrogens is 519 g/mol. The molecule has 176 valence electrons. The number of amides is 1. The van der Waals surface area contributed by atoms with E-state index in [0.29, 0.717) is 6.54 Å². The molecule has 1 amide bonds. The molecule has 1 aromatic heterocycles. The summed E-state index contributed by atoms with van der Waals surface area (Å²) >= 11 is 0. The highest BCUT2D eigenvalue weighted by atomic mass is 127. The van der Waals surface area contributed by atoms with Gasteiger partial charge in [0.15, 0.2) is 5.96 Å². The van der Waals surface area contributed by atoms with Crippen LogP contribution in [0.1, 0.15) is 18.3 Å². The van der Waals surface area contributed by atoms with Crippen molar-refractivity contribution in [3.63, 3.8) is 0 Å². The molecule has 1 fully saturated rings. The predicted octanol–water partition coefficient (Wildman–Crippen LogP) is 1.31. The van der Waals surface area contributed by atoms with Crippen molar-refractivity contribution >= 4 is 35.8 Å². The monoisotopic (exact) mass is 554 g/mol. The maximum absolute atomic E-state index is 12.1. The van der Waals surface area contributed by atoms with Crippen LogP contribution < -0.4 is 5.32 Å². The molecule has 0 atom stereocenters. The van der Waals surface area contributed by atoms with E-state index in [2.05, 4.69) is 61.5 Å². The first-order valence-corrected chi connectivity index (χ1v) is 10.9. The van der Waals surface area contributed by atoms with Crippen LogP contribution in [0.5, 0.6) is 0 Å². The van der Waals surface area contributed by atoms with Crippen molar-refractivity contribution in [2.75, 3.05) is 53.4 Å². The summed E-state index contributed by atoms with van der Waals surface area (Å²) in [5.41, 5.74) is 1.33. The van der Waals surface area contributed by atoms with Crippen LogP contribution in [-0.2, 0) is 24.3 Å². The Morgan fingerprint density at radius 1 is 1.16 bits per heavy atom. The van der Waals surface area contributed by atoms with Crippen LogP contribution >= 0.6 is 24.0 Å². The molecule has 0 unspecified atom stereocenters. The van der Waals surface area contributed by atoms with Gasteiger partial charge in [-0.1, -0.05) is 37.3 Å². The Morgan fingerprint density at radius 2 is 1.88 bits per heavy atom. The van der Waals surface area contributed by atoms with Gasteiger partial charge in [0.2, 0.25) is 5.91 Å². The number of piperazine rings is 1. The summed E-state index contributed by atoms with van der Waals surface area (Å²) in [6.07, 6.45) is 2.61. The fraction of sp³-hybridized carbons (Fsp3) is 0.545. The highest BCUT2D eigenvalue weighted by molar-refractivity contribution is 14.0. The lowest BCUT2D eigenvalue weighted by Crippen LogP contribution is -2.52. The van der Waals surface area contributed by atoms with Crippen molar-refractivity contribution in [3.8, 4) is 0 Å². The number of nitrogens with zero attached hydrogens (tertiary/aromatic N) is 7. The van der Waals surface area contributed by atoms with Gasteiger partial charge in [-0.2, -0.15) is 0 Å². The van der Waals surface area contributed by atoms with Crippen LogP contribution in [-0.4, -0.2) is 94.7 Å². The zero-order valence-corrected chi connectivity index (χ0v) is 21.6. The fourth-order valence-electron chi connectivity index (χ4n) is 3.54. The van der Waals surface area contributed by atoms with E-state index in [9.17, 15) is 4.79 Å². The van der Waals surface area contributed by atoms with Crippen LogP contribution in [0.15, 0.2) is 41.7 Å². The Kier molecular flexibility index (Phi) is 10.9. The highest BCUT2D eigenvalue weighted by Crippen LogP contribution is 2.09. The first-order chi connectivity index (χ1) is 15.1. The molecule has 10 heteroatoms. The van der Waals surface area contributed by atoms with Crippen LogP contribution in [0.25, 0.3) is 0 Å². The molecule has 3 rings (SSSR count). The maximum atomic E-state index is 12.1. The topological polar surface area (TPSA) is 81.9 Å². The molecule has 9 nitrogen and oxygen atoms in total. The second-order valence-electron chi connectivity index (χ2n) is 7.90. The summed E-state index contributed by atoms with van der Waals surface area (Å²) in [5, 5.41) is 11.6. The van der Waals surface area contributed by atoms with Gasteiger partial charge in [0.25, 0.3) is 0 Å². The van der Waals surface area contributed by atoms with Gasteiger partial charge in [-0.15, -0.1) is 34.2 Å². The van der Waals surface area contributed by atoms with Gasteiger partial charge in [0.05, 0.1) is 0 Å². The Balaban J connectivity index is 0.00000363. The lowest BCUT2D eigenvalue weighted by molar-refractivity contribution is -0.127. The zero-order valence-electron chi connectivity index (χ0n) is 19.3. The van der Waals surface area contributed by atoms with E-state index in [1.807, 2.05) is 10.6 Å². The minimum atomic E-state index is -0.00547. The number of halogens is 1. The largest absolute Gasteiger partial charge is 0.354 e. The van der Waals surface area contributed by atoms with Crippen LogP contribution in [0.3, 0.4) is 0 Å². The Hall–Kier alpha value is -2.21. The number of likely N-dealkylation sites (N-methyl/N-ethyl adjacent to an activating group) is 1. The number of aryl methyl sites for hydroxylation is 1. The Morgan fingerprint density at radius 3 is 2.53 bits per heavy atom. The molecule has 0 spiro atoms. The van der Waals surface area contributed by atoms with E-state index < -0.39 is 0 Å². The number of aliphatic imine (C=N–C) groups is 1. The smallest absolute Gasteiger partial charge is 0.243 e. The maximum Gasteiger partial charge on any atom is 0.243 e. The average Bonchev–Trinajstić information content (AvgIpc) is 3.24. The van der Waals surface area contributed by atoms with Crippen molar-refractivity contribution in [2.24, 2.45) is 4.99 Å². The molecule has 2 aromatic rings. The number of guanidine groups is 1. The number of carbonyl (C=O) groups is 1. The molecule has 1 aliphatic heterocycles. The van der Waals surface area contributed by atoms with Gasteiger partial charge in [-0.3, -0.25) is 9.69 Å². The number of aromatic nitrogens is 3. The van der Waals surface area contributed by atoms with Crippen LogP contribution in [0.4, 0.5) is 0 Å². The summed E-state index contributed by atoms with van der Waals surface area (Å²) in [4.78, 5) is 23.0. The molecule has 1 aromatic carbocycles. The fourth-order valence-corrected chi connectivity index (χ4v) is 3.54. The summed E-state index contributed by atoms with van der Waals surface area (Å²) < 4.78 is 2.05. The number of hydrogen-bond acceptors (Lipinski definition) is 5. The van der Waals surface area contributed by atoms with Crippen LogP contribution in [0.2, 0.25) is 0 Å². The van der Waals surface area contributed by atoms with Crippen molar-refractivity contribution in [3.05, 3.63) is 48.0 Å². The average molecular weight is 554 g/mol. The van der Waals surface area contributed by atoms with E-state index in [-0.39, 0.29) is 36.4 Å². The summed E-state index contributed by atoms with van der Waals surface area (Å²) in [6, 6.07) is 10.6. The predicted molar refractivity (Wildman–Crippen MR) is 137 cm³/mol. The first kappa shape index (κ1) is 26.0. The Labute approximate surface area is 207 Å². The molecule has 1 aliphatic rings. The molecule has 0 bridgehead atoms. The van der Waals surface area contributed by atoms with Gasteiger partial charge in [-0.25, -0.2) is 4.99 Å². The van der Waals surface area contributed by atoms with Gasteiger partial charge < -0.3 is 19.7 Å². The number of carbonyl (C=O) groups excluding carboxylic acids is 1.